The smallest absolute Gasteiger partial charge is 0.124 e. The Balaban J connectivity index is 2.13. The molecule has 0 heterocycles. The number of para-hydroxylation sites is 1. The second-order valence-electron chi connectivity index (χ2n) is 4.79. The Hall–Kier alpha value is -1.88. The molecule has 21 heavy (non-hydrogen) atoms. The monoisotopic (exact) mass is 286 g/mol. The maximum Gasteiger partial charge on any atom is 0.124 e. The molecule has 0 amide bonds. The number of rotatable bonds is 8. The Morgan fingerprint density at radius 3 is 2.43 bits per heavy atom. The molecule has 0 aliphatic rings. The van der Waals surface area contributed by atoms with Crippen LogP contribution < -0.4 is 16.0 Å². The molecule has 1 unspecified atom stereocenters. The molecule has 0 spiro atoms. The van der Waals surface area contributed by atoms with Gasteiger partial charge in [-0.05, 0) is 18.1 Å². The van der Waals surface area contributed by atoms with Crippen LogP contribution in [0, 0.1) is 0 Å². The molecular weight excluding hydrogens is 264 g/mol. The number of hydrogen-bond acceptors (Lipinski definition) is 4. The largest absolute Gasteiger partial charge is 0.491 e. The SMILES string of the molecule is COCCOc1ccccc1C(Cc1ccccc1)NN. The van der Waals surface area contributed by atoms with Gasteiger partial charge in [-0.25, -0.2) is 0 Å². The zero-order valence-corrected chi connectivity index (χ0v) is 12.3. The van der Waals surface area contributed by atoms with Crippen LogP contribution in [0.15, 0.2) is 54.6 Å². The van der Waals surface area contributed by atoms with Crippen LogP contribution in [0.25, 0.3) is 0 Å². The van der Waals surface area contributed by atoms with Gasteiger partial charge >= 0.3 is 0 Å². The summed E-state index contributed by atoms with van der Waals surface area (Å²) in [6, 6.07) is 18.2. The number of ether oxygens (including phenoxy) is 2. The minimum atomic E-state index is 0.00569. The molecular formula is C17H22N2O2. The molecule has 0 saturated carbocycles. The number of methoxy groups -OCH3 is 1. The highest BCUT2D eigenvalue weighted by Gasteiger charge is 2.15. The van der Waals surface area contributed by atoms with E-state index in [1.807, 2.05) is 42.5 Å². The number of nitrogens with two attached hydrogens (primary N) is 1. The number of hydrogen-bond donors (Lipinski definition) is 2. The third kappa shape index (κ3) is 4.56. The van der Waals surface area contributed by atoms with Crippen LogP contribution in [0.3, 0.4) is 0 Å². The lowest BCUT2D eigenvalue weighted by Gasteiger charge is -2.20. The van der Waals surface area contributed by atoms with Crippen molar-refractivity contribution in [2.75, 3.05) is 20.3 Å². The molecule has 0 radical (unpaired) electrons. The van der Waals surface area contributed by atoms with Crippen molar-refractivity contribution >= 4 is 0 Å². The first-order valence-electron chi connectivity index (χ1n) is 7.06. The van der Waals surface area contributed by atoms with Gasteiger partial charge in [0.05, 0.1) is 12.6 Å². The lowest BCUT2D eigenvalue weighted by atomic mass is 9.98. The van der Waals surface area contributed by atoms with E-state index < -0.39 is 0 Å². The Kier molecular flexibility index (Phi) is 6.22. The normalized spacial score (nSPS) is 12.1. The van der Waals surface area contributed by atoms with E-state index >= 15 is 0 Å². The average molecular weight is 286 g/mol. The van der Waals surface area contributed by atoms with Crippen molar-refractivity contribution in [3.05, 3.63) is 65.7 Å². The van der Waals surface area contributed by atoms with Crippen molar-refractivity contribution in [3.63, 3.8) is 0 Å². The highest BCUT2D eigenvalue weighted by molar-refractivity contribution is 5.37. The predicted octanol–water partition coefficient (Wildman–Crippen LogP) is 2.46. The summed E-state index contributed by atoms with van der Waals surface area (Å²) in [5, 5.41) is 0. The molecule has 0 aromatic heterocycles. The fraction of sp³-hybridized carbons (Fsp3) is 0.294. The van der Waals surface area contributed by atoms with Crippen LogP contribution in [-0.4, -0.2) is 20.3 Å². The van der Waals surface area contributed by atoms with Gasteiger partial charge in [-0.2, -0.15) is 0 Å². The van der Waals surface area contributed by atoms with E-state index in [0.29, 0.717) is 13.2 Å². The van der Waals surface area contributed by atoms with E-state index in [1.54, 1.807) is 7.11 Å². The predicted molar refractivity (Wildman–Crippen MR) is 84.0 cm³/mol. The van der Waals surface area contributed by atoms with E-state index in [0.717, 1.165) is 17.7 Å². The second-order valence-corrected chi connectivity index (χ2v) is 4.79. The van der Waals surface area contributed by atoms with Crippen molar-refractivity contribution < 1.29 is 9.47 Å². The summed E-state index contributed by atoms with van der Waals surface area (Å²) in [7, 11) is 1.66. The van der Waals surface area contributed by atoms with E-state index in [1.165, 1.54) is 5.56 Å². The first-order chi connectivity index (χ1) is 10.3. The highest BCUT2D eigenvalue weighted by Crippen LogP contribution is 2.27. The highest BCUT2D eigenvalue weighted by atomic mass is 16.5. The van der Waals surface area contributed by atoms with Crippen LogP contribution >= 0.6 is 0 Å². The number of benzene rings is 2. The van der Waals surface area contributed by atoms with Crippen LogP contribution in [0.5, 0.6) is 5.75 Å². The van der Waals surface area contributed by atoms with Gasteiger partial charge in [-0.3, -0.25) is 11.3 Å². The summed E-state index contributed by atoms with van der Waals surface area (Å²) in [6.45, 7) is 1.09. The zero-order valence-electron chi connectivity index (χ0n) is 12.3. The van der Waals surface area contributed by atoms with E-state index in [4.69, 9.17) is 15.3 Å². The topological polar surface area (TPSA) is 56.5 Å². The lowest BCUT2D eigenvalue weighted by molar-refractivity contribution is 0.145. The van der Waals surface area contributed by atoms with Crippen LogP contribution in [-0.2, 0) is 11.2 Å². The Morgan fingerprint density at radius 2 is 1.71 bits per heavy atom. The van der Waals surface area contributed by atoms with Gasteiger partial charge in [0.2, 0.25) is 0 Å². The van der Waals surface area contributed by atoms with Gasteiger partial charge in [-0.1, -0.05) is 48.5 Å². The van der Waals surface area contributed by atoms with Crippen LogP contribution in [0.1, 0.15) is 17.2 Å². The second kappa shape index (κ2) is 8.42. The fourth-order valence-corrected chi connectivity index (χ4v) is 2.24. The quantitative estimate of drug-likeness (QED) is 0.445. The molecule has 112 valence electrons. The third-order valence-corrected chi connectivity index (χ3v) is 3.32. The van der Waals surface area contributed by atoms with Crippen molar-refractivity contribution in [1.29, 1.82) is 0 Å². The summed E-state index contributed by atoms with van der Waals surface area (Å²) in [4.78, 5) is 0. The molecule has 0 bridgehead atoms. The molecule has 0 aliphatic carbocycles. The summed E-state index contributed by atoms with van der Waals surface area (Å²) < 4.78 is 10.8. The molecule has 2 aromatic carbocycles. The van der Waals surface area contributed by atoms with Gasteiger partial charge in [0.25, 0.3) is 0 Å². The lowest BCUT2D eigenvalue weighted by Crippen LogP contribution is -2.30. The Labute approximate surface area is 125 Å². The number of hydrazine groups is 1. The average Bonchev–Trinajstić information content (AvgIpc) is 2.54. The Morgan fingerprint density at radius 1 is 1.00 bits per heavy atom. The molecule has 2 rings (SSSR count). The van der Waals surface area contributed by atoms with Crippen LogP contribution in [0.4, 0.5) is 0 Å². The third-order valence-electron chi connectivity index (χ3n) is 3.32. The molecule has 3 N–H and O–H groups in total. The molecule has 0 aliphatic heterocycles. The van der Waals surface area contributed by atoms with Crippen molar-refractivity contribution in [2.45, 2.75) is 12.5 Å². The first kappa shape index (κ1) is 15.5. The standard InChI is InChI=1S/C17H22N2O2/c1-20-11-12-21-17-10-6-5-9-15(17)16(19-18)13-14-7-3-2-4-8-14/h2-10,16,19H,11-13,18H2,1H3. The van der Waals surface area contributed by atoms with Crippen molar-refractivity contribution in [3.8, 4) is 5.75 Å². The summed E-state index contributed by atoms with van der Waals surface area (Å²) >= 11 is 0. The van der Waals surface area contributed by atoms with Gasteiger partial charge in [0.1, 0.15) is 12.4 Å². The molecule has 0 saturated heterocycles. The maximum absolute atomic E-state index is 5.78. The molecule has 0 fully saturated rings. The van der Waals surface area contributed by atoms with Gasteiger partial charge in [0, 0.05) is 12.7 Å². The molecule has 1 atom stereocenters. The van der Waals surface area contributed by atoms with E-state index in [2.05, 4.69) is 17.6 Å². The molecule has 2 aromatic rings. The maximum atomic E-state index is 5.78. The fourth-order valence-electron chi connectivity index (χ4n) is 2.24. The van der Waals surface area contributed by atoms with E-state index in [9.17, 15) is 0 Å². The van der Waals surface area contributed by atoms with Gasteiger partial charge in [0.15, 0.2) is 0 Å². The first-order valence-corrected chi connectivity index (χ1v) is 7.06. The summed E-state index contributed by atoms with van der Waals surface area (Å²) in [5.74, 6) is 6.59. The van der Waals surface area contributed by atoms with Crippen LogP contribution in [0.2, 0.25) is 0 Å². The minimum absolute atomic E-state index is 0.00569. The van der Waals surface area contributed by atoms with Crippen molar-refractivity contribution in [1.82, 2.24) is 5.43 Å². The zero-order chi connectivity index (χ0) is 14.9. The van der Waals surface area contributed by atoms with Gasteiger partial charge < -0.3 is 9.47 Å². The molecule has 4 heteroatoms. The minimum Gasteiger partial charge on any atom is -0.491 e. The molecule has 4 nitrogen and oxygen atoms in total. The van der Waals surface area contributed by atoms with Gasteiger partial charge in [-0.15, -0.1) is 0 Å². The van der Waals surface area contributed by atoms with E-state index in [-0.39, 0.29) is 6.04 Å². The summed E-state index contributed by atoms with van der Waals surface area (Å²) in [5.41, 5.74) is 5.17. The summed E-state index contributed by atoms with van der Waals surface area (Å²) in [6.07, 6.45) is 0.808. The van der Waals surface area contributed by atoms with Crippen molar-refractivity contribution in [2.24, 2.45) is 5.84 Å². The number of nitrogens with one attached hydrogen (secondary N) is 1. The Bertz CT molecular complexity index is 531.